The van der Waals surface area contributed by atoms with E-state index in [4.69, 9.17) is 22.1 Å². The minimum absolute atomic E-state index is 0.0350. The van der Waals surface area contributed by atoms with E-state index in [1.165, 1.54) is 35.2 Å². The molecule has 0 spiro atoms. The van der Waals surface area contributed by atoms with E-state index in [0.717, 1.165) is 56.6 Å². The van der Waals surface area contributed by atoms with Crippen molar-refractivity contribution in [1.29, 1.82) is 0 Å². The van der Waals surface area contributed by atoms with E-state index in [9.17, 15) is 23.2 Å². The third-order valence-electron chi connectivity index (χ3n) is 7.66. The molecule has 0 aromatic heterocycles. The third-order valence-corrected chi connectivity index (χ3v) is 9.04. The van der Waals surface area contributed by atoms with Crippen LogP contribution in [0, 0.1) is 11.6 Å². The summed E-state index contributed by atoms with van der Waals surface area (Å²) in [4.78, 5) is 43.3. The van der Waals surface area contributed by atoms with E-state index in [1.807, 2.05) is 0 Å². The van der Waals surface area contributed by atoms with E-state index in [-0.39, 0.29) is 30.3 Å². The first-order chi connectivity index (χ1) is 22.1. The summed E-state index contributed by atoms with van der Waals surface area (Å²) >= 11 is 6.57. The number of carbonyl (C=O) groups is 3. The second kappa shape index (κ2) is 14.9. The Kier molecular flexibility index (Phi) is 10.8. The summed E-state index contributed by atoms with van der Waals surface area (Å²) in [6.07, 6.45) is 1.63. The van der Waals surface area contributed by atoms with Gasteiger partial charge in [0.15, 0.2) is 11.6 Å². The third kappa shape index (κ3) is 8.35. The number of hydrogen-bond donors (Lipinski definition) is 2. The molecule has 0 unspecified atom stereocenters. The number of carboxylic acid groups (broad SMARTS) is 1. The quantitative estimate of drug-likeness (QED) is 0.212. The smallest absolute Gasteiger partial charge is 0.335 e. The largest absolute Gasteiger partial charge is 0.492 e. The van der Waals surface area contributed by atoms with Gasteiger partial charge in [0.25, 0.3) is 5.91 Å². The van der Waals surface area contributed by atoms with Gasteiger partial charge < -0.3 is 20.1 Å². The van der Waals surface area contributed by atoms with Gasteiger partial charge in [0.05, 0.1) is 10.5 Å². The molecular formula is C33H32F2N4O5S2. The molecule has 240 valence electrons. The van der Waals surface area contributed by atoms with Crippen molar-refractivity contribution in [3.05, 3.63) is 88.3 Å². The van der Waals surface area contributed by atoms with Crippen molar-refractivity contribution in [3.8, 4) is 16.9 Å². The zero-order valence-electron chi connectivity index (χ0n) is 25.0. The van der Waals surface area contributed by atoms with Crippen LogP contribution in [-0.2, 0) is 9.59 Å². The zero-order valence-corrected chi connectivity index (χ0v) is 26.6. The van der Waals surface area contributed by atoms with E-state index in [2.05, 4.69) is 22.2 Å². The van der Waals surface area contributed by atoms with Crippen LogP contribution in [0.3, 0.4) is 0 Å². The highest BCUT2D eigenvalue weighted by atomic mass is 32.2. The van der Waals surface area contributed by atoms with Crippen molar-refractivity contribution in [2.45, 2.75) is 6.42 Å². The molecule has 3 aromatic carbocycles. The lowest BCUT2D eigenvalue weighted by atomic mass is 10.0. The van der Waals surface area contributed by atoms with Crippen LogP contribution in [0.5, 0.6) is 5.75 Å². The van der Waals surface area contributed by atoms with Gasteiger partial charge >= 0.3 is 5.97 Å². The summed E-state index contributed by atoms with van der Waals surface area (Å²) in [5.74, 6) is -3.18. The number of aromatic carboxylic acids is 1. The maximum absolute atomic E-state index is 14.0. The molecule has 5 rings (SSSR count). The van der Waals surface area contributed by atoms with E-state index < -0.39 is 17.6 Å². The number of nitrogens with zero attached hydrogens (tertiary/aromatic N) is 3. The lowest BCUT2D eigenvalue weighted by Gasteiger charge is -2.32. The Hall–Kier alpha value is -4.17. The molecule has 46 heavy (non-hydrogen) atoms. The lowest BCUT2D eigenvalue weighted by Crippen LogP contribution is -2.45. The molecule has 0 atom stereocenters. The van der Waals surface area contributed by atoms with E-state index in [1.54, 1.807) is 24.3 Å². The maximum Gasteiger partial charge on any atom is 0.335 e. The second-order valence-corrected chi connectivity index (χ2v) is 12.6. The number of amides is 2. The van der Waals surface area contributed by atoms with Crippen LogP contribution in [0.25, 0.3) is 17.2 Å². The Bertz CT molecular complexity index is 1680. The van der Waals surface area contributed by atoms with Crippen molar-refractivity contribution in [1.82, 2.24) is 14.7 Å². The number of thioether (sulfide) groups is 1. The second-order valence-electron chi connectivity index (χ2n) is 10.9. The molecule has 2 heterocycles. The number of carboxylic acids is 1. The molecule has 0 radical (unpaired) electrons. The number of rotatable bonds is 11. The van der Waals surface area contributed by atoms with Gasteiger partial charge in [-0.05, 0) is 72.8 Å². The number of piperazine rings is 1. The van der Waals surface area contributed by atoms with Crippen LogP contribution in [0.2, 0.25) is 0 Å². The molecule has 2 fully saturated rings. The Morgan fingerprint density at radius 3 is 2.37 bits per heavy atom. The number of anilines is 1. The molecule has 2 N–H and O–H groups in total. The summed E-state index contributed by atoms with van der Waals surface area (Å²) in [6.45, 7) is 5.05. The summed E-state index contributed by atoms with van der Waals surface area (Å²) in [5.41, 5.74) is 2.18. The normalized spacial score (nSPS) is 16.7. The van der Waals surface area contributed by atoms with Gasteiger partial charge in [-0.25, -0.2) is 13.6 Å². The molecule has 2 amide bonds. The SMILES string of the molecule is CN1CCN(CCOc2ccc(-c3ccc(F)c(F)c3)cc2C=C2SC(=S)N(CCC(=O)Nc3ccc(C(=O)O)cc3)C2=O)CC1. The summed E-state index contributed by atoms with van der Waals surface area (Å²) < 4.78 is 34.1. The van der Waals surface area contributed by atoms with E-state index in [0.29, 0.717) is 44.0 Å². The first kappa shape index (κ1) is 33.2. The van der Waals surface area contributed by atoms with Crippen LogP contribution in [-0.4, -0.2) is 94.8 Å². The van der Waals surface area contributed by atoms with Gasteiger partial charge in [0.2, 0.25) is 5.91 Å². The summed E-state index contributed by atoms with van der Waals surface area (Å²) in [7, 11) is 2.09. The molecule has 0 saturated carbocycles. The number of carbonyl (C=O) groups excluding carboxylic acids is 2. The van der Waals surface area contributed by atoms with Crippen molar-refractivity contribution in [2.75, 3.05) is 58.2 Å². The molecule has 2 aliphatic heterocycles. The topological polar surface area (TPSA) is 102 Å². The number of halogens is 2. The van der Waals surface area contributed by atoms with Crippen molar-refractivity contribution in [2.24, 2.45) is 0 Å². The van der Waals surface area contributed by atoms with E-state index >= 15 is 0 Å². The highest BCUT2D eigenvalue weighted by Crippen LogP contribution is 2.36. The van der Waals surface area contributed by atoms with Crippen LogP contribution < -0.4 is 10.1 Å². The monoisotopic (exact) mass is 666 g/mol. The van der Waals surface area contributed by atoms with Crippen molar-refractivity contribution >= 4 is 57.8 Å². The molecule has 0 aliphatic carbocycles. The van der Waals surface area contributed by atoms with Crippen LogP contribution in [0.1, 0.15) is 22.3 Å². The first-order valence-electron chi connectivity index (χ1n) is 14.6. The molecule has 0 bridgehead atoms. The highest BCUT2D eigenvalue weighted by Gasteiger charge is 2.32. The van der Waals surface area contributed by atoms with Crippen molar-refractivity contribution < 1.29 is 33.0 Å². The van der Waals surface area contributed by atoms with Gasteiger partial charge in [0.1, 0.15) is 16.7 Å². The fourth-order valence-electron chi connectivity index (χ4n) is 4.97. The average Bonchev–Trinajstić information content (AvgIpc) is 3.30. The maximum atomic E-state index is 14.0. The Morgan fingerprint density at radius 1 is 0.978 bits per heavy atom. The van der Waals surface area contributed by atoms with Crippen LogP contribution in [0.15, 0.2) is 65.6 Å². The predicted octanol–water partition coefficient (Wildman–Crippen LogP) is 5.19. The number of thiocarbonyl (C=S) groups is 1. The number of hydrogen-bond acceptors (Lipinski definition) is 8. The van der Waals surface area contributed by atoms with Gasteiger partial charge in [-0.15, -0.1) is 0 Å². The van der Waals surface area contributed by atoms with Crippen molar-refractivity contribution in [3.63, 3.8) is 0 Å². The minimum Gasteiger partial charge on any atom is -0.492 e. The number of benzene rings is 3. The first-order valence-corrected chi connectivity index (χ1v) is 15.8. The van der Waals surface area contributed by atoms with Crippen LogP contribution >= 0.6 is 24.0 Å². The van der Waals surface area contributed by atoms with Gasteiger partial charge in [0, 0.05) is 56.9 Å². The zero-order chi connectivity index (χ0) is 32.8. The minimum atomic E-state index is -1.07. The van der Waals surface area contributed by atoms with Gasteiger partial charge in [-0.1, -0.05) is 36.1 Å². The molecule has 2 saturated heterocycles. The Balaban J connectivity index is 1.29. The lowest BCUT2D eigenvalue weighted by molar-refractivity contribution is -0.122. The summed E-state index contributed by atoms with van der Waals surface area (Å²) in [6, 6.07) is 14.7. The molecule has 9 nitrogen and oxygen atoms in total. The summed E-state index contributed by atoms with van der Waals surface area (Å²) in [5, 5.41) is 11.7. The number of nitrogens with one attached hydrogen (secondary N) is 1. The molecule has 3 aromatic rings. The molecule has 13 heteroatoms. The van der Waals surface area contributed by atoms with Gasteiger partial charge in [-0.3, -0.25) is 19.4 Å². The highest BCUT2D eigenvalue weighted by molar-refractivity contribution is 8.26. The van der Waals surface area contributed by atoms with Crippen LogP contribution in [0.4, 0.5) is 14.5 Å². The Labute approximate surface area is 274 Å². The average molecular weight is 667 g/mol. The standard InChI is InChI=1S/C33H32F2N4O5S2/c1-37-12-14-38(15-13-37)16-17-44-28-9-5-22(23-4-8-26(34)27(35)19-23)18-24(28)20-29-31(41)39(33(45)46-29)11-10-30(40)36-25-6-2-21(3-7-25)32(42)43/h2-9,18-20H,10-17H2,1H3,(H,36,40)(H,42,43). The number of ether oxygens (including phenoxy) is 1. The molecular weight excluding hydrogens is 635 g/mol. The fraction of sp³-hybridized carbons (Fsp3) is 0.273. The molecule has 2 aliphatic rings. The predicted molar refractivity (Wildman–Crippen MR) is 178 cm³/mol. The number of likely N-dealkylation sites (N-methyl/N-ethyl adjacent to an activating group) is 1. The fourth-order valence-corrected chi connectivity index (χ4v) is 6.27. The Morgan fingerprint density at radius 2 is 1.67 bits per heavy atom. The van der Waals surface area contributed by atoms with Gasteiger partial charge in [-0.2, -0.15) is 0 Å².